The zero-order valence-electron chi connectivity index (χ0n) is 11.1. The lowest BCUT2D eigenvalue weighted by molar-refractivity contribution is 0.396. The summed E-state index contributed by atoms with van der Waals surface area (Å²) in [6.45, 7) is 0. The Morgan fingerprint density at radius 1 is 0.952 bits per heavy atom. The fraction of sp³-hybridized carbons (Fsp3) is 0.0625. The van der Waals surface area contributed by atoms with Gasteiger partial charge in [-0.1, -0.05) is 0 Å². The summed E-state index contributed by atoms with van der Waals surface area (Å²) in [6, 6.07) is 8.83. The summed E-state index contributed by atoms with van der Waals surface area (Å²) in [6.07, 6.45) is 1.60. The number of aromatic nitrogens is 2. The number of imidazole rings is 1. The number of nitrogens with zero attached hydrogens (tertiary/aromatic N) is 2. The number of hydrogen-bond acceptors (Lipinski definition) is 2. The minimum Gasteiger partial charge on any atom is -0.481 e. The van der Waals surface area contributed by atoms with Crippen molar-refractivity contribution in [2.45, 2.75) is 0 Å². The Morgan fingerprint density at radius 2 is 1.67 bits per heavy atom. The molecule has 4 rings (SSSR count). The van der Waals surface area contributed by atoms with Crippen LogP contribution in [0.25, 0.3) is 27.3 Å². The third kappa shape index (κ3) is 1.60. The highest BCUT2D eigenvalue weighted by atomic mass is 19.1. The van der Waals surface area contributed by atoms with Gasteiger partial charge in [0.05, 0.1) is 18.8 Å². The molecule has 3 nitrogen and oxygen atoms in total. The Hall–Kier alpha value is -2.69. The molecule has 0 aliphatic heterocycles. The van der Waals surface area contributed by atoms with E-state index in [1.807, 2.05) is 0 Å². The topological polar surface area (TPSA) is 26.5 Å². The van der Waals surface area contributed by atoms with E-state index in [1.54, 1.807) is 29.8 Å². The van der Waals surface area contributed by atoms with E-state index in [0.29, 0.717) is 22.3 Å². The minimum atomic E-state index is -0.369. The summed E-state index contributed by atoms with van der Waals surface area (Å²) in [4.78, 5) is 4.34. The van der Waals surface area contributed by atoms with E-state index < -0.39 is 0 Å². The summed E-state index contributed by atoms with van der Waals surface area (Å²) < 4.78 is 34.3. The molecule has 2 aromatic carbocycles. The lowest BCUT2D eigenvalue weighted by Crippen LogP contribution is -1.95. The van der Waals surface area contributed by atoms with Crippen LogP contribution >= 0.6 is 0 Å². The van der Waals surface area contributed by atoms with Crippen LogP contribution in [0, 0.1) is 11.6 Å². The van der Waals surface area contributed by atoms with Gasteiger partial charge in [-0.15, -0.1) is 0 Å². The summed E-state index contributed by atoms with van der Waals surface area (Å²) in [5.74, 6) is -0.185. The minimum absolute atomic E-state index is 0.365. The van der Waals surface area contributed by atoms with Crippen LogP contribution in [0.5, 0.6) is 5.88 Å². The Labute approximate surface area is 118 Å². The quantitative estimate of drug-likeness (QED) is 0.495. The molecule has 0 aliphatic rings. The summed E-state index contributed by atoms with van der Waals surface area (Å²) in [7, 11) is 1.55. The van der Waals surface area contributed by atoms with Crippen LogP contribution in [0.2, 0.25) is 0 Å². The average Bonchev–Trinajstić information content (AvgIpc) is 2.91. The van der Waals surface area contributed by atoms with Crippen molar-refractivity contribution >= 4 is 27.3 Å². The Balaban J connectivity index is 2.37. The highest BCUT2D eigenvalue weighted by Gasteiger charge is 2.14. The molecule has 21 heavy (non-hydrogen) atoms. The van der Waals surface area contributed by atoms with Gasteiger partial charge in [-0.25, -0.2) is 13.8 Å². The number of methoxy groups -OCH3 is 1. The summed E-state index contributed by atoms with van der Waals surface area (Å²) in [5.41, 5.74) is 1.37. The second-order valence-corrected chi connectivity index (χ2v) is 4.81. The molecule has 104 valence electrons. The number of pyridine rings is 1. The zero-order chi connectivity index (χ0) is 14.6. The molecule has 0 saturated heterocycles. The first-order valence-corrected chi connectivity index (χ1v) is 6.41. The normalized spacial score (nSPS) is 11.6. The second-order valence-electron chi connectivity index (χ2n) is 4.81. The first-order chi connectivity index (χ1) is 10.2. The molecule has 0 atom stereocenters. The third-order valence-corrected chi connectivity index (χ3v) is 3.65. The van der Waals surface area contributed by atoms with Gasteiger partial charge in [0.25, 0.3) is 0 Å². The molecule has 0 aliphatic carbocycles. The highest BCUT2D eigenvalue weighted by Crippen LogP contribution is 2.32. The molecule has 0 saturated carbocycles. The lowest BCUT2D eigenvalue weighted by atomic mass is 10.1. The Bertz CT molecular complexity index is 1010. The second kappa shape index (κ2) is 4.15. The SMILES string of the molecule is COc1cnc2c3ccc(F)cc3c3cc(F)ccc3n12. The molecule has 2 aromatic heterocycles. The molecule has 4 aromatic rings. The standard InChI is InChI=1S/C16H10F2N2O/c1-21-15-8-19-16-11-4-2-9(17)6-12(11)13-7-10(18)3-5-14(13)20(15)16/h2-8H,1H3. The van der Waals surface area contributed by atoms with E-state index in [1.165, 1.54) is 24.3 Å². The van der Waals surface area contributed by atoms with Crippen molar-refractivity contribution in [1.29, 1.82) is 0 Å². The van der Waals surface area contributed by atoms with E-state index in [2.05, 4.69) is 4.98 Å². The zero-order valence-corrected chi connectivity index (χ0v) is 11.1. The predicted octanol–water partition coefficient (Wildman–Crippen LogP) is 3.93. The molecular weight excluding hydrogens is 274 g/mol. The highest BCUT2D eigenvalue weighted by molar-refractivity contribution is 6.11. The van der Waals surface area contributed by atoms with E-state index in [4.69, 9.17) is 4.74 Å². The average molecular weight is 284 g/mol. The summed E-state index contributed by atoms with van der Waals surface area (Å²) >= 11 is 0. The van der Waals surface area contributed by atoms with Crippen molar-refractivity contribution in [2.24, 2.45) is 0 Å². The van der Waals surface area contributed by atoms with E-state index >= 15 is 0 Å². The van der Waals surface area contributed by atoms with Crippen LogP contribution in [-0.2, 0) is 0 Å². The van der Waals surface area contributed by atoms with Gasteiger partial charge < -0.3 is 4.74 Å². The van der Waals surface area contributed by atoms with E-state index in [-0.39, 0.29) is 11.6 Å². The first kappa shape index (κ1) is 12.1. The van der Waals surface area contributed by atoms with E-state index in [0.717, 1.165) is 10.9 Å². The maximum Gasteiger partial charge on any atom is 0.218 e. The first-order valence-electron chi connectivity index (χ1n) is 6.41. The summed E-state index contributed by atoms with van der Waals surface area (Å²) in [5, 5.41) is 2.00. The molecule has 0 spiro atoms. The number of hydrogen-bond donors (Lipinski definition) is 0. The number of rotatable bonds is 1. The fourth-order valence-corrected chi connectivity index (χ4v) is 2.76. The molecule has 0 amide bonds. The lowest BCUT2D eigenvalue weighted by Gasteiger charge is -2.10. The van der Waals surface area contributed by atoms with Crippen LogP contribution in [0.4, 0.5) is 8.78 Å². The van der Waals surface area contributed by atoms with Crippen molar-refractivity contribution in [3.05, 3.63) is 54.2 Å². The molecule has 0 bridgehead atoms. The van der Waals surface area contributed by atoms with Crippen molar-refractivity contribution in [3.8, 4) is 5.88 Å². The Kier molecular flexibility index (Phi) is 2.39. The molecule has 0 N–H and O–H groups in total. The number of ether oxygens (including phenoxy) is 1. The third-order valence-electron chi connectivity index (χ3n) is 3.65. The number of benzene rings is 2. The maximum atomic E-state index is 13.6. The van der Waals surface area contributed by atoms with Gasteiger partial charge in [0.1, 0.15) is 17.3 Å². The largest absolute Gasteiger partial charge is 0.481 e. The van der Waals surface area contributed by atoms with Crippen LogP contribution in [0.15, 0.2) is 42.6 Å². The smallest absolute Gasteiger partial charge is 0.218 e. The molecule has 0 unspecified atom stereocenters. The predicted molar refractivity (Wildman–Crippen MR) is 76.7 cm³/mol. The molecular formula is C16H10F2N2O. The van der Waals surface area contributed by atoms with Gasteiger partial charge in [0.2, 0.25) is 5.88 Å². The van der Waals surface area contributed by atoms with Crippen molar-refractivity contribution in [3.63, 3.8) is 0 Å². The van der Waals surface area contributed by atoms with E-state index in [9.17, 15) is 8.78 Å². The van der Waals surface area contributed by atoms with Gasteiger partial charge in [-0.2, -0.15) is 0 Å². The van der Waals surface area contributed by atoms with Crippen LogP contribution < -0.4 is 4.74 Å². The van der Waals surface area contributed by atoms with Gasteiger partial charge in [-0.3, -0.25) is 4.40 Å². The van der Waals surface area contributed by atoms with Gasteiger partial charge in [-0.05, 0) is 41.8 Å². The number of fused-ring (bicyclic) bond motifs is 6. The molecule has 0 radical (unpaired) electrons. The fourth-order valence-electron chi connectivity index (χ4n) is 2.76. The Morgan fingerprint density at radius 3 is 2.43 bits per heavy atom. The number of halogens is 2. The van der Waals surface area contributed by atoms with Gasteiger partial charge in [0, 0.05) is 10.8 Å². The van der Waals surface area contributed by atoms with Crippen LogP contribution in [-0.4, -0.2) is 16.5 Å². The van der Waals surface area contributed by atoms with Crippen molar-refractivity contribution in [2.75, 3.05) is 7.11 Å². The van der Waals surface area contributed by atoms with Crippen molar-refractivity contribution in [1.82, 2.24) is 9.38 Å². The maximum absolute atomic E-state index is 13.6. The van der Waals surface area contributed by atoms with Crippen LogP contribution in [0.1, 0.15) is 0 Å². The van der Waals surface area contributed by atoms with Crippen molar-refractivity contribution < 1.29 is 13.5 Å². The van der Waals surface area contributed by atoms with Gasteiger partial charge in [0.15, 0.2) is 0 Å². The van der Waals surface area contributed by atoms with Gasteiger partial charge >= 0.3 is 0 Å². The molecule has 2 heterocycles. The van der Waals surface area contributed by atoms with Crippen LogP contribution in [0.3, 0.4) is 0 Å². The molecule has 0 fully saturated rings. The monoisotopic (exact) mass is 284 g/mol. The molecule has 5 heteroatoms.